The van der Waals surface area contributed by atoms with Crippen molar-refractivity contribution in [2.45, 2.75) is 25.3 Å². The van der Waals surface area contributed by atoms with Crippen LogP contribution < -0.4 is 0 Å². The maximum absolute atomic E-state index is 12.3. The van der Waals surface area contributed by atoms with E-state index in [1.165, 1.54) is 10.7 Å². The molecule has 1 atom stereocenters. The second kappa shape index (κ2) is 5.53. The molecule has 6 nitrogen and oxygen atoms in total. The van der Waals surface area contributed by atoms with E-state index in [1.54, 1.807) is 11.4 Å². The zero-order chi connectivity index (χ0) is 13.2. The molecule has 2 fully saturated rings. The molecule has 0 amide bonds. The normalized spacial score (nSPS) is 26.2. The monoisotopic (exact) mass is 272 g/mol. The molecule has 0 spiro atoms. The Morgan fingerprint density at radius 2 is 2.17 bits per heavy atom. The Morgan fingerprint density at radius 3 is 2.89 bits per heavy atom. The number of piperazine rings is 1. The van der Waals surface area contributed by atoms with Gasteiger partial charge < -0.3 is 0 Å². The zero-order valence-corrected chi connectivity index (χ0v) is 11.6. The number of hydrogen-bond acceptors (Lipinski definition) is 4. The molecule has 2 rings (SSSR count). The highest BCUT2D eigenvalue weighted by molar-refractivity contribution is 7.86. The van der Waals surface area contributed by atoms with Gasteiger partial charge in [-0.05, 0) is 19.4 Å². The Morgan fingerprint density at radius 1 is 1.39 bits per heavy atom. The van der Waals surface area contributed by atoms with Gasteiger partial charge in [0.25, 0.3) is 10.2 Å². The van der Waals surface area contributed by atoms with E-state index >= 15 is 0 Å². The third-order valence-electron chi connectivity index (χ3n) is 3.81. The molecule has 2 saturated heterocycles. The summed E-state index contributed by atoms with van der Waals surface area (Å²) in [7, 11) is -1.83. The van der Waals surface area contributed by atoms with Gasteiger partial charge in [0.2, 0.25) is 0 Å². The van der Waals surface area contributed by atoms with Crippen molar-refractivity contribution in [3.63, 3.8) is 0 Å². The average Bonchev–Trinajstić information content (AvgIpc) is 2.82. The third kappa shape index (κ3) is 2.67. The van der Waals surface area contributed by atoms with E-state index < -0.39 is 10.2 Å². The first-order valence-electron chi connectivity index (χ1n) is 6.38. The van der Waals surface area contributed by atoms with Gasteiger partial charge in [0.15, 0.2) is 0 Å². The molecule has 0 aromatic rings. The molecule has 0 N–H and O–H groups in total. The summed E-state index contributed by atoms with van der Waals surface area (Å²) >= 11 is 0. The minimum absolute atomic E-state index is 0.235. The highest BCUT2D eigenvalue weighted by Gasteiger charge is 2.36. The van der Waals surface area contributed by atoms with E-state index in [-0.39, 0.29) is 13.0 Å². The minimum Gasteiger partial charge on any atom is -0.298 e. The Hall–Kier alpha value is -0.680. The van der Waals surface area contributed by atoms with Crippen molar-refractivity contribution in [1.82, 2.24) is 13.5 Å². The van der Waals surface area contributed by atoms with Crippen molar-refractivity contribution in [3.8, 4) is 6.07 Å². The number of rotatable bonds is 4. The molecule has 0 radical (unpaired) electrons. The quantitative estimate of drug-likeness (QED) is 0.714. The van der Waals surface area contributed by atoms with Crippen LogP contribution in [0.1, 0.15) is 19.3 Å². The standard InChI is InChI=1S/C11H20N4O2S/c1-13(6-3-5-12)18(16,17)15-9-8-14-7-2-4-11(14)10-15/h11H,2-4,6-10H2,1H3/t11-/m1/s1. The third-order valence-corrected chi connectivity index (χ3v) is 5.76. The second-order valence-electron chi connectivity index (χ2n) is 4.93. The smallest absolute Gasteiger partial charge is 0.281 e. The van der Waals surface area contributed by atoms with E-state index in [0.717, 1.165) is 19.5 Å². The summed E-state index contributed by atoms with van der Waals surface area (Å²) in [4.78, 5) is 2.38. The van der Waals surface area contributed by atoms with Crippen LogP contribution in [0.4, 0.5) is 0 Å². The predicted octanol–water partition coefficient (Wildman–Crippen LogP) is -0.143. The van der Waals surface area contributed by atoms with Gasteiger partial charge in [0, 0.05) is 45.7 Å². The molecule has 0 aromatic heterocycles. The van der Waals surface area contributed by atoms with Crippen molar-refractivity contribution >= 4 is 10.2 Å². The van der Waals surface area contributed by atoms with Crippen molar-refractivity contribution < 1.29 is 8.42 Å². The first-order valence-corrected chi connectivity index (χ1v) is 7.78. The second-order valence-corrected chi connectivity index (χ2v) is 6.96. The van der Waals surface area contributed by atoms with Gasteiger partial charge in [-0.15, -0.1) is 0 Å². The summed E-state index contributed by atoms with van der Waals surface area (Å²) in [6, 6.07) is 2.36. The lowest BCUT2D eigenvalue weighted by Gasteiger charge is -2.38. The van der Waals surface area contributed by atoms with E-state index in [1.807, 2.05) is 6.07 Å². The Kier molecular flexibility index (Phi) is 4.22. The maximum Gasteiger partial charge on any atom is 0.281 e. The minimum atomic E-state index is -3.38. The van der Waals surface area contributed by atoms with E-state index in [2.05, 4.69) is 4.90 Å². The molecular weight excluding hydrogens is 252 g/mol. The van der Waals surface area contributed by atoms with E-state index in [9.17, 15) is 8.42 Å². The fraction of sp³-hybridized carbons (Fsp3) is 0.909. The molecule has 0 aliphatic carbocycles. The number of nitrogens with zero attached hydrogens (tertiary/aromatic N) is 4. The first kappa shape index (κ1) is 13.7. The van der Waals surface area contributed by atoms with Crippen molar-refractivity contribution in [2.75, 3.05) is 39.8 Å². The van der Waals surface area contributed by atoms with Crippen LogP contribution in [0.5, 0.6) is 0 Å². The van der Waals surface area contributed by atoms with Crippen molar-refractivity contribution in [3.05, 3.63) is 0 Å². The van der Waals surface area contributed by atoms with Crippen LogP contribution in [0.25, 0.3) is 0 Å². The van der Waals surface area contributed by atoms with Crippen LogP contribution in [-0.2, 0) is 10.2 Å². The van der Waals surface area contributed by atoms with Crippen LogP contribution in [0.15, 0.2) is 0 Å². The van der Waals surface area contributed by atoms with E-state index in [4.69, 9.17) is 5.26 Å². The summed E-state index contributed by atoms with van der Waals surface area (Å²) in [5, 5.41) is 8.52. The Bertz CT molecular complexity index is 431. The average molecular weight is 272 g/mol. The summed E-state index contributed by atoms with van der Waals surface area (Å²) < 4.78 is 27.5. The molecule has 2 heterocycles. The summed E-state index contributed by atoms with van der Waals surface area (Å²) in [5.74, 6) is 0. The fourth-order valence-corrected chi connectivity index (χ4v) is 4.08. The molecule has 102 valence electrons. The van der Waals surface area contributed by atoms with Crippen LogP contribution in [0, 0.1) is 11.3 Å². The summed E-state index contributed by atoms with van der Waals surface area (Å²) in [6.07, 6.45) is 2.50. The molecule has 7 heteroatoms. The topological polar surface area (TPSA) is 67.6 Å². The van der Waals surface area contributed by atoms with Gasteiger partial charge in [0.1, 0.15) is 0 Å². The van der Waals surface area contributed by atoms with Crippen LogP contribution in [-0.4, -0.2) is 67.7 Å². The number of nitriles is 1. The van der Waals surface area contributed by atoms with Crippen molar-refractivity contribution in [2.24, 2.45) is 0 Å². The van der Waals surface area contributed by atoms with Gasteiger partial charge in [-0.2, -0.15) is 22.3 Å². The molecule has 18 heavy (non-hydrogen) atoms. The molecule has 0 aromatic carbocycles. The highest BCUT2D eigenvalue weighted by Crippen LogP contribution is 2.23. The molecular formula is C11H20N4O2S. The number of fused-ring (bicyclic) bond motifs is 1. The lowest BCUT2D eigenvalue weighted by atomic mass is 10.2. The largest absolute Gasteiger partial charge is 0.298 e. The lowest BCUT2D eigenvalue weighted by Crippen LogP contribution is -2.55. The molecule has 0 saturated carbocycles. The summed E-state index contributed by atoms with van der Waals surface area (Å²) in [6.45, 7) is 3.36. The van der Waals surface area contributed by atoms with Gasteiger partial charge in [-0.3, -0.25) is 4.90 Å². The van der Waals surface area contributed by atoms with Crippen LogP contribution >= 0.6 is 0 Å². The van der Waals surface area contributed by atoms with Gasteiger partial charge in [-0.1, -0.05) is 0 Å². The predicted molar refractivity (Wildman–Crippen MR) is 67.9 cm³/mol. The fourth-order valence-electron chi connectivity index (χ4n) is 2.69. The molecule has 2 aliphatic rings. The van der Waals surface area contributed by atoms with Gasteiger partial charge in [-0.25, -0.2) is 0 Å². The van der Waals surface area contributed by atoms with Gasteiger partial charge in [0.05, 0.1) is 6.07 Å². The Labute approximate surface area is 109 Å². The molecule has 2 aliphatic heterocycles. The number of hydrogen-bond donors (Lipinski definition) is 0. The SMILES string of the molecule is CN(CCC#N)S(=O)(=O)N1CCN2CCC[C@@H]2C1. The van der Waals surface area contributed by atoms with Crippen LogP contribution in [0.3, 0.4) is 0 Å². The molecule has 0 unspecified atom stereocenters. The summed E-state index contributed by atoms with van der Waals surface area (Å²) in [5.41, 5.74) is 0. The lowest BCUT2D eigenvalue weighted by molar-refractivity contribution is 0.153. The molecule has 0 bridgehead atoms. The van der Waals surface area contributed by atoms with Gasteiger partial charge >= 0.3 is 0 Å². The highest BCUT2D eigenvalue weighted by atomic mass is 32.2. The van der Waals surface area contributed by atoms with Crippen molar-refractivity contribution in [1.29, 1.82) is 5.26 Å². The first-order chi connectivity index (χ1) is 8.55. The van der Waals surface area contributed by atoms with Crippen LogP contribution in [0.2, 0.25) is 0 Å². The zero-order valence-electron chi connectivity index (χ0n) is 10.7. The Balaban J connectivity index is 2.00. The maximum atomic E-state index is 12.3. The van der Waals surface area contributed by atoms with E-state index in [0.29, 0.717) is 19.1 Å².